The minimum absolute atomic E-state index is 0.0858. The Labute approximate surface area is 139 Å². The maximum absolute atomic E-state index is 10.7. The first-order valence-electron chi connectivity index (χ1n) is 7.53. The molecule has 120 valence electrons. The molecule has 1 aromatic heterocycles. The fraction of sp³-hybridized carbons (Fsp3) is 0.105. The molecule has 0 aliphatic heterocycles. The van der Waals surface area contributed by atoms with Crippen molar-refractivity contribution < 1.29 is 14.2 Å². The van der Waals surface area contributed by atoms with Crippen LogP contribution in [-0.2, 0) is 7.05 Å². The molecule has 0 N–H and O–H groups in total. The van der Waals surface area contributed by atoms with Gasteiger partial charge in [-0.15, -0.1) is 0 Å². The molecule has 24 heavy (non-hydrogen) atoms. The van der Waals surface area contributed by atoms with Crippen molar-refractivity contribution in [1.82, 2.24) is 0 Å². The van der Waals surface area contributed by atoms with Gasteiger partial charge in [0.2, 0.25) is 5.76 Å². The van der Waals surface area contributed by atoms with E-state index in [2.05, 4.69) is 0 Å². The van der Waals surface area contributed by atoms with Crippen LogP contribution in [0, 0.1) is 17.0 Å². The molecule has 1 heterocycles. The zero-order chi connectivity index (χ0) is 17.1. The summed E-state index contributed by atoms with van der Waals surface area (Å²) in [5.41, 5.74) is 4.10. The van der Waals surface area contributed by atoms with Crippen molar-refractivity contribution in [3.8, 4) is 11.3 Å². The molecular weight excluding hydrogens is 304 g/mol. The highest BCUT2D eigenvalue weighted by Crippen LogP contribution is 2.21. The lowest BCUT2D eigenvalue weighted by molar-refractivity contribution is -0.844. The molecule has 3 rings (SSSR count). The molecule has 0 fully saturated rings. The summed E-state index contributed by atoms with van der Waals surface area (Å²) >= 11 is 0. The minimum atomic E-state index is -0.405. The van der Waals surface area contributed by atoms with Crippen LogP contribution in [-0.4, -0.2) is 4.92 Å². The van der Waals surface area contributed by atoms with Crippen molar-refractivity contribution in [3.63, 3.8) is 0 Å². The Bertz CT molecular complexity index is 891. The van der Waals surface area contributed by atoms with E-state index in [-0.39, 0.29) is 5.69 Å². The Morgan fingerprint density at radius 1 is 1.04 bits per heavy atom. The Kier molecular flexibility index (Phi) is 4.24. The topological polar surface area (TPSA) is 60.2 Å². The Hall–Kier alpha value is -3.21. The van der Waals surface area contributed by atoms with Crippen LogP contribution >= 0.6 is 0 Å². The van der Waals surface area contributed by atoms with Gasteiger partial charge in [-0.1, -0.05) is 29.8 Å². The average Bonchev–Trinajstić information content (AvgIpc) is 2.95. The Morgan fingerprint density at radius 2 is 1.71 bits per heavy atom. The van der Waals surface area contributed by atoms with E-state index in [1.165, 1.54) is 17.7 Å². The molecule has 0 amide bonds. The first kappa shape index (κ1) is 15.7. The molecule has 0 spiro atoms. The van der Waals surface area contributed by atoms with Gasteiger partial charge >= 0.3 is 0 Å². The van der Waals surface area contributed by atoms with Crippen molar-refractivity contribution in [2.75, 3.05) is 0 Å². The second-order valence-electron chi connectivity index (χ2n) is 5.57. The van der Waals surface area contributed by atoms with Crippen LogP contribution in [0.5, 0.6) is 0 Å². The number of aryl methyl sites for hydroxylation is 2. The van der Waals surface area contributed by atoms with Crippen LogP contribution in [0.15, 0.2) is 59.1 Å². The van der Waals surface area contributed by atoms with E-state index in [9.17, 15) is 10.1 Å². The van der Waals surface area contributed by atoms with Crippen LogP contribution in [0.3, 0.4) is 0 Å². The van der Waals surface area contributed by atoms with Crippen molar-refractivity contribution in [3.05, 3.63) is 81.5 Å². The summed E-state index contributed by atoms with van der Waals surface area (Å²) in [5, 5.41) is 10.7. The maximum Gasteiger partial charge on any atom is 0.269 e. The monoisotopic (exact) mass is 321 g/mol. The van der Waals surface area contributed by atoms with Crippen LogP contribution < -0.4 is 4.74 Å². The normalized spacial score (nSPS) is 11.1. The molecule has 0 aliphatic rings. The molecule has 0 atom stereocenters. The number of nitrogens with zero attached hydrogens (tertiary/aromatic N) is 2. The van der Waals surface area contributed by atoms with Crippen LogP contribution in [0.2, 0.25) is 0 Å². The van der Waals surface area contributed by atoms with Crippen LogP contribution in [0.1, 0.15) is 16.8 Å². The van der Waals surface area contributed by atoms with E-state index < -0.39 is 4.92 Å². The van der Waals surface area contributed by atoms with Crippen LogP contribution in [0.4, 0.5) is 5.69 Å². The van der Waals surface area contributed by atoms with E-state index in [0.717, 1.165) is 22.6 Å². The molecular formula is C19H17N2O3+. The summed E-state index contributed by atoms with van der Waals surface area (Å²) in [6, 6.07) is 16.5. The zero-order valence-electron chi connectivity index (χ0n) is 13.5. The number of nitro groups is 1. The molecule has 5 heteroatoms. The van der Waals surface area contributed by atoms with Gasteiger partial charge < -0.3 is 0 Å². The number of hydrogen-bond donors (Lipinski definition) is 0. The summed E-state index contributed by atoms with van der Waals surface area (Å²) in [5.74, 6) is 0.792. The summed E-state index contributed by atoms with van der Waals surface area (Å²) in [7, 11) is 1.84. The molecule has 0 aliphatic carbocycles. The molecule has 0 saturated heterocycles. The standard InChI is InChI=1S/C19H17N2O3/c1-14-3-8-16(9-4-14)19-13-18(20(2)24-19)12-7-15-5-10-17(11-6-15)21(22)23/h3-13H,1-2H3/q+1/b12-7+. The number of nitro benzene ring substituents is 1. The van der Waals surface area contributed by atoms with Gasteiger partial charge in [-0.3, -0.25) is 10.1 Å². The third kappa shape index (κ3) is 3.41. The summed E-state index contributed by atoms with van der Waals surface area (Å²) in [4.78, 5) is 10.3. The average molecular weight is 321 g/mol. The van der Waals surface area contributed by atoms with Gasteiger partial charge in [0.1, 0.15) is 0 Å². The quantitative estimate of drug-likeness (QED) is 0.412. The molecule has 2 aromatic carbocycles. The second-order valence-corrected chi connectivity index (χ2v) is 5.57. The number of benzene rings is 2. The number of aromatic nitrogens is 1. The van der Waals surface area contributed by atoms with Gasteiger partial charge in [0, 0.05) is 23.8 Å². The molecule has 0 unspecified atom stereocenters. The third-order valence-corrected chi connectivity index (χ3v) is 3.76. The van der Waals surface area contributed by atoms with Gasteiger partial charge in [-0.05, 0) is 35.4 Å². The van der Waals surface area contributed by atoms with E-state index >= 15 is 0 Å². The van der Waals surface area contributed by atoms with E-state index in [0.29, 0.717) is 0 Å². The van der Waals surface area contributed by atoms with Crippen molar-refractivity contribution in [1.29, 1.82) is 0 Å². The zero-order valence-corrected chi connectivity index (χ0v) is 13.5. The highest BCUT2D eigenvalue weighted by atomic mass is 16.6. The molecule has 5 nitrogen and oxygen atoms in total. The summed E-state index contributed by atoms with van der Waals surface area (Å²) < 4.78 is 7.45. The molecule has 3 aromatic rings. The lowest BCUT2D eigenvalue weighted by Gasteiger charge is -1.93. The van der Waals surface area contributed by atoms with Crippen molar-refractivity contribution >= 4 is 17.8 Å². The van der Waals surface area contributed by atoms with Gasteiger partial charge in [0.25, 0.3) is 11.4 Å². The van der Waals surface area contributed by atoms with Crippen molar-refractivity contribution in [2.45, 2.75) is 6.92 Å². The summed E-state index contributed by atoms with van der Waals surface area (Å²) in [6.07, 6.45) is 3.82. The van der Waals surface area contributed by atoms with E-state index in [1.54, 1.807) is 16.9 Å². The highest BCUT2D eigenvalue weighted by molar-refractivity contribution is 5.69. The minimum Gasteiger partial charge on any atom is -0.258 e. The SMILES string of the molecule is Cc1ccc(-c2cc(/C=C/c3ccc([N+](=O)[O-])cc3)[n+](C)o2)cc1. The lowest BCUT2D eigenvalue weighted by atomic mass is 10.1. The van der Waals surface area contributed by atoms with E-state index in [1.807, 2.05) is 56.5 Å². The third-order valence-electron chi connectivity index (χ3n) is 3.76. The van der Waals surface area contributed by atoms with E-state index in [4.69, 9.17) is 4.52 Å². The lowest BCUT2D eigenvalue weighted by Crippen LogP contribution is -2.27. The molecule has 0 saturated carbocycles. The van der Waals surface area contributed by atoms with Gasteiger partial charge in [0.15, 0.2) is 7.05 Å². The number of rotatable bonds is 4. The predicted molar refractivity (Wildman–Crippen MR) is 92.1 cm³/mol. The maximum atomic E-state index is 10.7. The molecule has 0 bridgehead atoms. The Balaban J connectivity index is 1.82. The first-order chi connectivity index (χ1) is 11.5. The largest absolute Gasteiger partial charge is 0.269 e. The van der Waals surface area contributed by atoms with Gasteiger partial charge in [-0.2, -0.15) is 0 Å². The fourth-order valence-corrected chi connectivity index (χ4v) is 2.35. The van der Waals surface area contributed by atoms with Crippen LogP contribution in [0.25, 0.3) is 23.5 Å². The predicted octanol–water partition coefficient (Wildman–Crippen LogP) is 4.16. The Morgan fingerprint density at radius 3 is 2.33 bits per heavy atom. The highest BCUT2D eigenvalue weighted by Gasteiger charge is 2.14. The molecule has 0 radical (unpaired) electrons. The number of hydrogen-bond acceptors (Lipinski definition) is 3. The fourth-order valence-electron chi connectivity index (χ4n) is 2.35. The summed E-state index contributed by atoms with van der Waals surface area (Å²) in [6.45, 7) is 2.05. The number of non-ortho nitro benzene ring substituents is 1. The van der Waals surface area contributed by atoms with Crippen molar-refractivity contribution in [2.24, 2.45) is 7.05 Å². The smallest absolute Gasteiger partial charge is 0.258 e. The van der Waals surface area contributed by atoms with Gasteiger partial charge in [0.05, 0.1) is 11.0 Å². The second kappa shape index (κ2) is 6.50. The first-order valence-corrected chi connectivity index (χ1v) is 7.53. The van der Waals surface area contributed by atoms with Gasteiger partial charge in [-0.25, -0.2) is 4.52 Å².